The van der Waals surface area contributed by atoms with Gasteiger partial charge in [-0.2, -0.15) is 4.68 Å². The van der Waals surface area contributed by atoms with Gasteiger partial charge in [0.2, 0.25) is 0 Å². The van der Waals surface area contributed by atoms with Gasteiger partial charge in [0.1, 0.15) is 0 Å². The van der Waals surface area contributed by atoms with Crippen LogP contribution in [0.2, 0.25) is 0 Å². The average Bonchev–Trinajstić information content (AvgIpc) is 3.11. The Hall–Kier alpha value is -1.79. The minimum atomic E-state index is 0.460. The average molecular weight is 327 g/mol. The highest BCUT2D eigenvalue weighted by molar-refractivity contribution is 5.30. The van der Waals surface area contributed by atoms with Gasteiger partial charge in [-0.3, -0.25) is 4.90 Å². The van der Waals surface area contributed by atoms with Crippen molar-refractivity contribution in [1.29, 1.82) is 0 Å². The molecule has 2 heterocycles. The third-order valence-electron chi connectivity index (χ3n) is 5.23. The number of morpholine rings is 1. The highest BCUT2D eigenvalue weighted by Gasteiger charge is 2.33. The number of aryl methyl sites for hydroxylation is 1. The molecule has 0 unspecified atom stereocenters. The van der Waals surface area contributed by atoms with Crippen molar-refractivity contribution in [2.24, 2.45) is 0 Å². The zero-order valence-electron chi connectivity index (χ0n) is 14.0. The number of aromatic nitrogens is 4. The molecular formula is C18H25N5O. The van der Waals surface area contributed by atoms with E-state index in [2.05, 4.69) is 20.4 Å². The van der Waals surface area contributed by atoms with Crippen molar-refractivity contribution in [1.82, 2.24) is 25.1 Å². The molecule has 6 heteroatoms. The molecule has 0 spiro atoms. The third-order valence-corrected chi connectivity index (χ3v) is 5.23. The second-order valence-electron chi connectivity index (χ2n) is 6.74. The molecule has 1 aromatic carbocycles. The van der Waals surface area contributed by atoms with E-state index in [1.54, 1.807) is 0 Å². The van der Waals surface area contributed by atoms with E-state index in [0.29, 0.717) is 12.1 Å². The van der Waals surface area contributed by atoms with Gasteiger partial charge in [-0.05, 0) is 48.4 Å². The van der Waals surface area contributed by atoms with Crippen molar-refractivity contribution in [2.45, 2.75) is 50.7 Å². The normalized spacial score (nSPS) is 24.7. The molecule has 1 saturated carbocycles. The van der Waals surface area contributed by atoms with Gasteiger partial charge >= 0.3 is 0 Å². The number of hydrogen-bond acceptors (Lipinski definition) is 5. The van der Waals surface area contributed by atoms with Crippen molar-refractivity contribution >= 4 is 0 Å². The molecule has 24 heavy (non-hydrogen) atoms. The summed E-state index contributed by atoms with van der Waals surface area (Å²) in [6, 6.07) is 10.7. The number of tetrazole rings is 1. The Morgan fingerprint density at radius 2 is 2.00 bits per heavy atom. The summed E-state index contributed by atoms with van der Waals surface area (Å²) >= 11 is 0. The predicted octanol–water partition coefficient (Wildman–Crippen LogP) is 2.24. The van der Waals surface area contributed by atoms with E-state index in [4.69, 9.17) is 4.74 Å². The van der Waals surface area contributed by atoms with Crippen LogP contribution >= 0.6 is 0 Å². The lowest BCUT2D eigenvalue weighted by molar-refractivity contribution is -0.0881. The summed E-state index contributed by atoms with van der Waals surface area (Å²) in [5.41, 5.74) is 1.02. The fourth-order valence-corrected chi connectivity index (χ4v) is 4.03. The van der Waals surface area contributed by atoms with Crippen LogP contribution in [0.25, 0.3) is 5.69 Å². The number of hydrogen-bond donors (Lipinski definition) is 0. The van der Waals surface area contributed by atoms with E-state index >= 15 is 0 Å². The van der Waals surface area contributed by atoms with E-state index in [9.17, 15) is 0 Å². The summed E-state index contributed by atoms with van der Waals surface area (Å²) in [4.78, 5) is 2.63. The van der Waals surface area contributed by atoms with Crippen LogP contribution in [-0.2, 0) is 11.2 Å². The van der Waals surface area contributed by atoms with Crippen LogP contribution in [0.1, 0.15) is 37.9 Å². The fraction of sp³-hybridized carbons (Fsp3) is 0.611. The number of nitrogens with zero attached hydrogens (tertiary/aromatic N) is 5. The molecule has 0 bridgehead atoms. The minimum absolute atomic E-state index is 0.460. The van der Waals surface area contributed by atoms with Crippen LogP contribution in [0.5, 0.6) is 0 Å². The largest absolute Gasteiger partial charge is 0.375 e. The highest BCUT2D eigenvalue weighted by Crippen LogP contribution is 2.28. The Morgan fingerprint density at radius 3 is 2.92 bits per heavy atom. The van der Waals surface area contributed by atoms with Crippen molar-refractivity contribution in [3.05, 3.63) is 36.2 Å². The second-order valence-corrected chi connectivity index (χ2v) is 6.74. The quantitative estimate of drug-likeness (QED) is 0.843. The van der Waals surface area contributed by atoms with Crippen LogP contribution in [0, 0.1) is 0 Å². The van der Waals surface area contributed by atoms with Crippen LogP contribution in [-0.4, -0.2) is 56.9 Å². The molecular weight excluding hydrogens is 302 g/mol. The Labute approximate surface area is 142 Å². The summed E-state index contributed by atoms with van der Waals surface area (Å²) in [6.45, 7) is 3.04. The summed E-state index contributed by atoms with van der Waals surface area (Å²) in [5.74, 6) is 0.939. The summed E-state index contributed by atoms with van der Waals surface area (Å²) in [7, 11) is 0. The predicted molar refractivity (Wildman–Crippen MR) is 91.0 cm³/mol. The maximum Gasteiger partial charge on any atom is 0.156 e. The van der Waals surface area contributed by atoms with Gasteiger partial charge in [-0.25, -0.2) is 0 Å². The number of fused-ring (bicyclic) bond motifs is 1. The van der Waals surface area contributed by atoms with Gasteiger partial charge < -0.3 is 4.74 Å². The van der Waals surface area contributed by atoms with E-state index in [-0.39, 0.29) is 0 Å². The fourth-order valence-electron chi connectivity index (χ4n) is 4.03. The SMILES string of the molecule is c1ccc(-n2nnnc2CCCN2CCO[C@@H]3CCCC[C@@H]32)cc1. The molecule has 6 nitrogen and oxygen atoms in total. The van der Waals surface area contributed by atoms with Crippen molar-refractivity contribution < 1.29 is 4.74 Å². The number of para-hydroxylation sites is 1. The van der Waals surface area contributed by atoms with Crippen LogP contribution in [0.4, 0.5) is 0 Å². The van der Waals surface area contributed by atoms with Crippen LogP contribution in [0.15, 0.2) is 30.3 Å². The standard InChI is InChI=1S/C18H25N5O/c1-2-7-15(8-3-1)23-18(19-20-21-23)11-6-12-22-13-14-24-17-10-5-4-9-16(17)22/h1-3,7-8,16-17H,4-6,9-14H2/t16-,17+/m0/s1. The maximum absolute atomic E-state index is 5.96. The number of benzene rings is 1. The summed E-state index contributed by atoms with van der Waals surface area (Å²) in [5, 5.41) is 12.2. The highest BCUT2D eigenvalue weighted by atomic mass is 16.5. The molecule has 0 amide bonds. The summed E-state index contributed by atoms with van der Waals surface area (Å²) < 4.78 is 7.81. The first-order chi connectivity index (χ1) is 11.9. The second kappa shape index (κ2) is 7.40. The Kier molecular flexibility index (Phi) is 4.85. The Balaban J connectivity index is 1.35. The lowest BCUT2D eigenvalue weighted by Crippen LogP contribution is -2.52. The first kappa shape index (κ1) is 15.7. The van der Waals surface area contributed by atoms with Crippen molar-refractivity contribution in [3.63, 3.8) is 0 Å². The van der Waals surface area contributed by atoms with Gasteiger partial charge in [-0.15, -0.1) is 5.10 Å². The molecule has 128 valence electrons. The first-order valence-corrected chi connectivity index (χ1v) is 9.10. The van der Waals surface area contributed by atoms with Gasteiger partial charge in [0.05, 0.1) is 18.4 Å². The number of ether oxygens (including phenoxy) is 1. The molecule has 2 fully saturated rings. The summed E-state index contributed by atoms with van der Waals surface area (Å²) in [6.07, 6.45) is 7.61. The molecule has 2 aliphatic rings. The molecule has 1 saturated heterocycles. The minimum Gasteiger partial charge on any atom is -0.375 e. The van der Waals surface area contributed by atoms with Crippen LogP contribution in [0.3, 0.4) is 0 Å². The lowest BCUT2D eigenvalue weighted by Gasteiger charge is -2.43. The molecule has 2 aromatic rings. The molecule has 0 radical (unpaired) electrons. The van der Waals surface area contributed by atoms with Crippen LogP contribution < -0.4 is 0 Å². The lowest BCUT2D eigenvalue weighted by atomic mass is 9.90. The first-order valence-electron chi connectivity index (χ1n) is 9.10. The molecule has 1 aromatic heterocycles. The molecule has 4 rings (SSSR count). The monoisotopic (exact) mass is 327 g/mol. The van der Waals surface area contributed by atoms with Gasteiger partial charge in [0.15, 0.2) is 5.82 Å². The maximum atomic E-state index is 5.96. The van der Waals surface area contributed by atoms with Gasteiger partial charge in [0, 0.05) is 19.0 Å². The van der Waals surface area contributed by atoms with Gasteiger partial charge in [-0.1, -0.05) is 31.0 Å². The third kappa shape index (κ3) is 3.35. The van der Waals surface area contributed by atoms with E-state index in [1.165, 1.54) is 25.7 Å². The topological polar surface area (TPSA) is 56.1 Å². The molecule has 0 N–H and O–H groups in total. The van der Waals surface area contributed by atoms with E-state index in [0.717, 1.165) is 44.0 Å². The van der Waals surface area contributed by atoms with E-state index in [1.807, 2.05) is 35.0 Å². The number of rotatable bonds is 5. The van der Waals surface area contributed by atoms with Crippen molar-refractivity contribution in [3.8, 4) is 5.69 Å². The molecule has 1 aliphatic heterocycles. The Bertz CT molecular complexity index is 642. The molecule has 2 atom stereocenters. The zero-order valence-corrected chi connectivity index (χ0v) is 14.0. The molecule has 1 aliphatic carbocycles. The zero-order chi connectivity index (χ0) is 16.2. The van der Waals surface area contributed by atoms with Crippen molar-refractivity contribution in [2.75, 3.05) is 19.7 Å². The van der Waals surface area contributed by atoms with E-state index < -0.39 is 0 Å². The Morgan fingerprint density at radius 1 is 1.12 bits per heavy atom. The van der Waals surface area contributed by atoms with Gasteiger partial charge in [0.25, 0.3) is 0 Å². The smallest absolute Gasteiger partial charge is 0.156 e.